The Labute approximate surface area is 109 Å². The molecule has 0 unspecified atom stereocenters. The molecular formula is C14H23NO3. The molecule has 0 aromatic carbocycles. The Morgan fingerprint density at radius 3 is 2.28 bits per heavy atom. The Kier molecular flexibility index (Phi) is 6.46. The second-order valence-corrected chi connectivity index (χ2v) is 5.53. The minimum Gasteiger partial charge on any atom is -0.458 e. The first-order chi connectivity index (χ1) is 8.17. The van der Waals surface area contributed by atoms with E-state index in [2.05, 4.69) is 11.2 Å². The van der Waals surface area contributed by atoms with Gasteiger partial charge in [-0.15, -0.1) is 12.3 Å². The van der Waals surface area contributed by atoms with Gasteiger partial charge in [0.15, 0.2) is 0 Å². The van der Waals surface area contributed by atoms with E-state index in [1.165, 1.54) is 0 Å². The van der Waals surface area contributed by atoms with E-state index in [0.717, 1.165) is 0 Å². The first kappa shape index (κ1) is 16.5. The van der Waals surface area contributed by atoms with E-state index in [4.69, 9.17) is 11.2 Å². The Bertz CT molecular complexity index is 334. The van der Waals surface area contributed by atoms with Crippen molar-refractivity contribution in [3.63, 3.8) is 0 Å². The first-order valence-corrected chi connectivity index (χ1v) is 6.13. The molecule has 0 aliphatic heterocycles. The van der Waals surface area contributed by atoms with Crippen LogP contribution in [-0.4, -0.2) is 23.5 Å². The standard InChI is InChI=1S/C14H23NO3/c1-7-8-9-11(16)15-12(10(2)3)13(17)18-14(4,5)6/h1,10,12H,8-9H2,2-6H3,(H,15,16)/t12-/m0/s1. The van der Waals surface area contributed by atoms with Gasteiger partial charge in [-0.1, -0.05) is 13.8 Å². The predicted octanol–water partition coefficient (Wildman–Crippen LogP) is 1.88. The van der Waals surface area contributed by atoms with Gasteiger partial charge in [-0.3, -0.25) is 4.79 Å². The third-order valence-corrected chi connectivity index (χ3v) is 2.14. The molecule has 0 heterocycles. The van der Waals surface area contributed by atoms with Crippen molar-refractivity contribution in [3.8, 4) is 12.3 Å². The van der Waals surface area contributed by atoms with Crippen LogP contribution in [0.3, 0.4) is 0 Å². The van der Waals surface area contributed by atoms with Crippen LogP contribution in [0.5, 0.6) is 0 Å². The van der Waals surface area contributed by atoms with Gasteiger partial charge in [0.2, 0.25) is 5.91 Å². The van der Waals surface area contributed by atoms with Crippen LogP contribution in [0.1, 0.15) is 47.5 Å². The lowest BCUT2D eigenvalue weighted by Crippen LogP contribution is -2.47. The van der Waals surface area contributed by atoms with Crippen molar-refractivity contribution >= 4 is 11.9 Å². The van der Waals surface area contributed by atoms with Crippen LogP contribution in [0.4, 0.5) is 0 Å². The fourth-order valence-corrected chi connectivity index (χ4v) is 1.29. The maximum atomic E-state index is 11.9. The van der Waals surface area contributed by atoms with Crippen LogP contribution < -0.4 is 5.32 Å². The number of carbonyl (C=O) groups excluding carboxylic acids is 2. The first-order valence-electron chi connectivity index (χ1n) is 6.13. The van der Waals surface area contributed by atoms with Crippen molar-refractivity contribution in [2.45, 2.75) is 59.1 Å². The summed E-state index contributed by atoms with van der Waals surface area (Å²) in [6.45, 7) is 9.10. The molecule has 1 N–H and O–H groups in total. The average Bonchev–Trinajstić information content (AvgIpc) is 2.19. The third kappa shape index (κ3) is 6.95. The molecule has 0 aromatic heterocycles. The molecule has 0 bridgehead atoms. The minimum atomic E-state index is -0.630. The van der Waals surface area contributed by atoms with E-state index in [1.807, 2.05) is 13.8 Å². The molecule has 4 heteroatoms. The van der Waals surface area contributed by atoms with Gasteiger partial charge < -0.3 is 10.1 Å². The van der Waals surface area contributed by atoms with Gasteiger partial charge >= 0.3 is 5.97 Å². The van der Waals surface area contributed by atoms with Crippen LogP contribution >= 0.6 is 0 Å². The zero-order chi connectivity index (χ0) is 14.3. The van der Waals surface area contributed by atoms with Crippen LogP contribution in [-0.2, 0) is 14.3 Å². The molecule has 1 atom stereocenters. The highest BCUT2D eigenvalue weighted by Gasteiger charge is 2.28. The third-order valence-electron chi connectivity index (χ3n) is 2.14. The quantitative estimate of drug-likeness (QED) is 0.601. The molecule has 1 amide bonds. The van der Waals surface area contributed by atoms with Crippen molar-refractivity contribution < 1.29 is 14.3 Å². The Hall–Kier alpha value is -1.50. The van der Waals surface area contributed by atoms with Crippen LogP contribution in [0.15, 0.2) is 0 Å². The SMILES string of the molecule is C#CCCC(=O)N[C@H](C(=O)OC(C)(C)C)C(C)C. The van der Waals surface area contributed by atoms with Gasteiger partial charge in [0.25, 0.3) is 0 Å². The van der Waals surface area contributed by atoms with Gasteiger partial charge in [-0.2, -0.15) is 0 Å². The van der Waals surface area contributed by atoms with Crippen molar-refractivity contribution in [2.24, 2.45) is 5.92 Å². The lowest BCUT2D eigenvalue weighted by molar-refractivity contribution is -0.160. The van der Waals surface area contributed by atoms with Crippen LogP contribution in [0.2, 0.25) is 0 Å². The van der Waals surface area contributed by atoms with Crippen molar-refractivity contribution in [2.75, 3.05) is 0 Å². The van der Waals surface area contributed by atoms with Gasteiger partial charge in [-0.05, 0) is 26.7 Å². The number of terminal acetylenes is 1. The fraction of sp³-hybridized carbons (Fsp3) is 0.714. The Morgan fingerprint density at radius 2 is 1.89 bits per heavy atom. The van der Waals surface area contributed by atoms with E-state index in [1.54, 1.807) is 20.8 Å². The average molecular weight is 253 g/mol. The molecule has 0 saturated carbocycles. The van der Waals surface area contributed by atoms with E-state index < -0.39 is 17.6 Å². The molecule has 0 radical (unpaired) electrons. The van der Waals surface area contributed by atoms with Gasteiger partial charge in [-0.25, -0.2) is 4.79 Å². The van der Waals surface area contributed by atoms with E-state index >= 15 is 0 Å². The molecule has 18 heavy (non-hydrogen) atoms. The Balaban J connectivity index is 4.54. The maximum Gasteiger partial charge on any atom is 0.329 e. The molecule has 4 nitrogen and oxygen atoms in total. The highest BCUT2D eigenvalue weighted by Crippen LogP contribution is 2.12. The molecule has 0 aromatic rings. The number of rotatable bonds is 5. The van der Waals surface area contributed by atoms with E-state index in [9.17, 15) is 9.59 Å². The van der Waals surface area contributed by atoms with Gasteiger partial charge in [0.1, 0.15) is 11.6 Å². The zero-order valence-corrected chi connectivity index (χ0v) is 11.9. The number of amides is 1. The summed E-state index contributed by atoms with van der Waals surface area (Å²) in [6.07, 6.45) is 5.68. The lowest BCUT2D eigenvalue weighted by atomic mass is 10.0. The van der Waals surface area contributed by atoms with Crippen LogP contribution in [0.25, 0.3) is 0 Å². The summed E-state index contributed by atoms with van der Waals surface area (Å²) < 4.78 is 5.27. The predicted molar refractivity (Wildman–Crippen MR) is 70.7 cm³/mol. The van der Waals surface area contributed by atoms with Crippen LogP contribution in [0, 0.1) is 18.3 Å². The summed E-state index contributed by atoms with van der Waals surface area (Å²) in [5.74, 6) is 1.72. The number of esters is 1. The summed E-state index contributed by atoms with van der Waals surface area (Å²) in [4.78, 5) is 23.5. The number of ether oxygens (including phenoxy) is 1. The monoisotopic (exact) mass is 253 g/mol. The summed E-state index contributed by atoms with van der Waals surface area (Å²) in [5, 5.41) is 2.66. The van der Waals surface area contributed by atoms with Gasteiger partial charge in [0.05, 0.1) is 0 Å². The molecule has 0 rings (SSSR count). The second-order valence-electron chi connectivity index (χ2n) is 5.53. The number of hydrogen-bond donors (Lipinski definition) is 1. The van der Waals surface area contributed by atoms with Crippen molar-refractivity contribution in [1.29, 1.82) is 0 Å². The highest BCUT2D eigenvalue weighted by atomic mass is 16.6. The highest BCUT2D eigenvalue weighted by molar-refractivity contribution is 5.84. The van der Waals surface area contributed by atoms with Gasteiger partial charge in [0, 0.05) is 12.8 Å². The number of hydrogen-bond acceptors (Lipinski definition) is 3. The molecule has 0 aliphatic carbocycles. The molecule has 0 spiro atoms. The Morgan fingerprint density at radius 1 is 1.33 bits per heavy atom. The molecule has 102 valence electrons. The number of carbonyl (C=O) groups is 2. The zero-order valence-electron chi connectivity index (χ0n) is 11.9. The topological polar surface area (TPSA) is 55.4 Å². The summed E-state index contributed by atoms with van der Waals surface area (Å²) in [6, 6.07) is -0.630. The molecular weight excluding hydrogens is 230 g/mol. The van der Waals surface area contributed by atoms with E-state index in [0.29, 0.717) is 6.42 Å². The molecule has 0 aliphatic rings. The molecule has 0 fully saturated rings. The minimum absolute atomic E-state index is 0.0327. The van der Waals surface area contributed by atoms with E-state index in [-0.39, 0.29) is 18.2 Å². The second kappa shape index (κ2) is 7.05. The summed E-state index contributed by atoms with van der Waals surface area (Å²) >= 11 is 0. The number of nitrogens with one attached hydrogen (secondary N) is 1. The maximum absolute atomic E-state index is 11.9. The smallest absolute Gasteiger partial charge is 0.329 e. The fourth-order valence-electron chi connectivity index (χ4n) is 1.29. The summed E-state index contributed by atoms with van der Waals surface area (Å²) in [5.41, 5.74) is -0.562. The normalized spacial score (nSPS) is 12.7. The van der Waals surface area contributed by atoms with Crippen molar-refractivity contribution in [3.05, 3.63) is 0 Å². The molecule has 0 saturated heterocycles. The van der Waals surface area contributed by atoms with Crippen molar-refractivity contribution in [1.82, 2.24) is 5.32 Å². The largest absolute Gasteiger partial charge is 0.458 e. The summed E-state index contributed by atoms with van der Waals surface area (Å²) in [7, 11) is 0. The lowest BCUT2D eigenvalue weighted by Gasteiger charge is -2.26.